The smallest absolute Gasteiger partial charge is 0.475 e. The van der Waals surface area contributed by atoms with E-state index in [1.165, 1.54) is 25.8 Å². The third-order valence-corrected chi connectivity index (χ3v) is 8.03. The van der Waals surface area contributed by atoms with Gasteiger partial charge in [0.05, 0.1) is 18.8 Å². The number of halogens is 3. The predicted octanol–water partition coefficient (Wildman–Crippen LogP) is 2.42. The van der Waals surface area contributed by atoms with Gasteiger partial charge in [0, 0.05) is 31.9 Å². The molecule has 1 atom stereocenters. The van der Waals surface area contributed by atoms with Crippen molar-refractivity contribution in [2.24, 2.45) is 12.8 Å². The molecule has 2 aliphatic rings. The van der Waals surface area contributed by atoms with Gasteiger partial charge in [0.1, 0.15) is 0 Å². The molecule has 1 aliphatic carbocycles. The van der Waals surface area contributed by atoms with Crippen LogP contribution in [0.3, 0.4) is 0 Å². The Morgan fingerprint density at radius 1 is 1.09 bits per heavy atom. The largest absolute Gasteiger partial charge is 0.490 e. The van der Waals surface area contributed by atoms with Gasteiger partial charge in [-0.2, -0.15) is 18.2 Å². The van der Waals surface area contributed by atoms with Crippen LogP contribution in [0.1, 0.15) is 60.7 Å². The molecule has 14 heteroatoms. The molecule has 0 saturated carbocycles. The predicted molar refractivity (Wildman–Crippen MR) is 155 cm³/mol. The Labute approximate surface area is 246 Å². The maximum absolute atomic E-state index is 13.9. The number of carbonyl (C=O) groups is 1. The first kappa shape index (κ1) is 31.8. The fraction of sp³-hybridized carbons (Fsp3) is 0.552. The Balaban J connectivity index is 0.000000541. The Morgan fingerprint density at radius 3 is 2.35 bits per heavy atom. The van der Waals surface area contributed by atoms with E-state index in [1.807, 2.05) is 11.5 Å². The summed E-state index contributed by atoms with van der Waals surface area (Å²) in [6.45, 7) is 7.83. The van der Waals surface area contributed by atoms with Crippen LogP contribution in [-0.2, 0) is 37.8 Å². The first-order chi connectivity index (χ1) is 20.3. The number of piperidine rings is 1. The molecule has 3 N–H and O–H groups in total. The van der Waals surface area contributed by atoms with Gasteiger partial charge in [0.15, 0.2) is 11.2 Å². The van der Waals surface area contributed by atoms with Crippen LogP contribution in [0.4, 0.5) is 19.1 Å². The summed E-state index contributed by atoms with van der Waals surface area (Å²) in [6, 6.07) is 0.0479. The third kappa shape index (κ3) is 6.46. The van der Waals surface area contributed by atoms with Crippen LogP contribution in [0, 0.1) is 25.7 Å². The normalized spacial score (nSPS) is 16.7. The fourth-order valence-electron chi connectivity index (χ4n) is 5.73. The molecule has 0 spiro atoms. The SMILES string of the molecule is CC#CCn1c(N2CCCC(N)C2)nc2c1c(=O)n(Cc1nc(C)c(C)c3c1CCCC3)c(=O)n2C.O=C(O)C(F)(F)F. The zero-order valence-electron chi connectivity index (χ0n) is 24.7. The number of aliphatic carboxylic acids is 1. The number of hydrogen-bond acceptors (Lipinski definition) is 7. The van der Waals surface area contributed by atoms with E-state index in [0.717, 1.165) is 56.5 Å². The highest BCUT2D eigenvalue weighted by Gasteiger charge is 2.38. The number of hydrogen-bond donors (Lipinski definition) is 2. The molecule has 1 aliphatic heterocycles. The summed E-state index contributed by atoms with van der Waals surface area (Å²) in [7, 11) is 1.68. The average molecular weight is 604 g/mol. The lowest BCUT2D eigenvalue weighted by molar-refractivity contribution is -0.192. The van der Waals surface area contributed by atoms with Crippen LogP contribution in [-0.4, -0.2) is 60.1 Å². The number of imidazole rings is 1. The van der Waals surface area contributed by atoms with E-state index < -0.39 is 12.1 Å². The molecule has 1 fully saturated rings. The van der Waals surface area contributed by atoms with Crippen molar-refractivity contribution in [1.29, 1.82) is 0 Å². The number of pyridine rings is 1. The van der Waals surface area contributed by atoms with Crippen LogP contribution in [0.2, 0.25) is 0 Å². The quantitative estimate of drug-likeness (QED) is 0.434. The van der Waals surface area contributed by atoms with Crippen molar-refractivity contribution in [2.45, 2.75) is 84.6 Å². The number of aromatic nitrogens is 5. The number of fused-ring (bicyclic) bond motifs is 2. The second-order valence-corrected chi connectivity index (χ2v) is 10.9. The van der Waals surface area contributed by atoms with Gasteiger partial charge < -0.3 is 15.7 Å². The Hall–Kier alpha value is -4.12. The summed E-state index contributed by atoms with van der Waals surface area (Å²) in [5.41, 5.74) is 11.8. The van der Waals surface area contributed by atoms with Gasteiger partial charge in [-0.1, -0.05) is 5.92 Å². The molecule has 0 amide bonds. The minimum atomic E-state index is -5.08. The number of rotatable bonds is 4. The van der Waals surface area contributed by atoms with E-state index >= 15 is 0 Å². The van der Waals surface area contributed by atoms with Gasteiger partial charge in [0.25, 0.3) is 5.56 Å². The molecule has 1 unspecified atom stereocenters. The third-order valence-electron chi connectivity index (χ3n) is 8.03. The van der Waals surface area contributed by atoms with Gasteiger partial charge in [-0.25, -0.2) is 9.59 Å². The molecule has 43 heavy (non-hydrogen) atoms. The van der Waals surface area contributed by atoms with Gasteiger partial charge >= 0.3 is 17.8 Å². The Kier molecular flexibility index (Phi) is 9.34. The molecule has 5 rings (SSSR count). The van der Waals surface area contributed by atoms with Crippen molar-refractivity contribution in [3.05, 3.63) is 48.9 Å². The van der Waals surface area contributed by atoms with E-state index in [9.17, 15) is 22.8 Å². The Morgan fingerprint density at radius 2 is 1.74 bits per heavy atom. The fourth-order valence-corrected chi connectivity index (χ4v) is 5.73. The minimum Gasteiger partial charge on any atom is -0.475 e. The maximum Gasteiger partial charge on any atom is 0.490 e. The molecule has 11 nitrogen and oxygen atoms in total. The number of alkyl halides is 3. The summed E-state index contributed by atoms with van der Waals surface area (Å²) < 4.78 is 36.4. The zero-order valence-corrected chi connectivity index (χ0v) is 24.7. The molecule has 232 valence electrons. The first-order valence-corrected chi connectivity index (χ1v) is 14.1. The second-order valence-electron chi connectivity index (χ2n) is 10.9. The van der Waals surface area contributed by atoms with E-state index in [4.69, 9.17) is 25.6 Å². The van der Waals surface area contributed by atoms with Gasteiger partial charge in [-0.15, -0.1) is 5.92 Å². The van der Waals surface area contributed by atoms with Crippen molar-refractivity contribution < 1.29 is 23.1 Å². The standard InChI is InChI=1S/C27H35N7O2.C2HF3O2/c1-5-6-14-33-23-24(30-26(33)32-13-9-10-19(28)15-32)31(4)27(36)34(25(23)35)16-22-21-12-8-7-11-20(21)17(2)18(3)29-22;3-2(4,5)1(6)7/h19H,7-16,28H2,1-4H3;(H,6,7). The van der Waals surface area contributed by atoms with Crippen molar-refractivity contribution in [2.75, 3.05) is 18.0 Å². The van der Waals surface area contributed by atoms with E-state index in [2.05, 4.69) is 23.7 Å². The summed E-state index contributed by atoms with van der Waals surface area (Å²) in [5, 5.41) is 7.12. The number of nitrogens with zero attached hydrogens (tertiary/aromatic N) is 6. The number of carboxylic acids is 1. The van der Waals surface area contributed by atoms with Crippen molar-refractivity contribution in [3.8, 4) is 11.8 Å². The monoisotopic (exact) mass is 603 g/mol. The molecular weight excluding hydrogens is 567 g/mol. The van der Waals surface area contributed by atoms with Crippen LogP contribution in [0.15, 0.2) is 9.59 Å². The highest BCUT2D eigenvalue weighted by Crippen LogP contribution is 2.28. The number of carboxylic acid groups (broad SMARTS) is 1. The van der Waals surface area contributed by atoms with Gasteiger partial charge in [-0.3, -0.25) is 23.5 Å². The molecular formula is C29H36F3N7O4. The minimum absolute atomic E-state index is 0.0479. The summed E-state index contributed by atoms with van der Waals surface area (Å²) in [6.07, 6.45) is 1.04. The van der Waals surface area contributed by atoms with Crippen molar-refractivity contribution >= 4 is 23.1 Å². The molecule has 4 heterocycles. The zero-order chi connectivity index (χ0) is 31.6. The highest BCUT2D eigenvalue weighted by atomic mass is 19.4. The summed E-state index contributed by atoms with van der Waals surface area (Å²) in [5.74, 6) is 3.90. The maximum atomic E-state index is 13.9. The van der Waals surface area contributed by atoms with E-state index in [1.54, 1.807) is 14.0 Å². The summed E-state index contributed by atoms with van der Waals surface area (Å²) in [4.78, 5) is 48.1. The number of nitrogens with two attached hydrogens (primary N) is 1. The molecule has 1 saturated heterocycles. The molecule has 0 aromatic carbocycles. The lowest BCUT2D eigenvalue weighted by atomic mass is 9.87. The summed E-state index contributed by atoms with van der Waals surface area (Å²) >= 11 is 0. The molecule has 0 bridgehead atoms. The van der Waals surface area contributed by atoms with Crippen LogP contribution < -0.4 is 21.9 Å². The van der Waals surface area contributed by atoms with Crippen molar-refractivity contribution in [1.82, 2.24) is 23.7 Å². The van der Waals surface area contributed by atoms with Crippen molar-refractivity contribution in [3.63, 3.8) is 0 Å². The topological polar surface area (TPSA) is 141 Å². The molecule has 3 aromatic rings. The number of aryl methyl sites for hydroxylation is 2. The van der Waals surface area contributed by atoms with Crippen LogP contribution >= 0.6 is 0 Å². The lowest BCUT2D eigenvalue weighted by Gasteiger charge is -2.31. The average Bonchev–Trinajstić information content (AvgIpc) is 3.35. The van der Waals surface area contributed by atoms with E-state index in [0.29, 0.717) is 30.2 Å². The van der Waals surface area contributed by atoms with Crippen LogP contribution in [0.5, 0.6) is 0 Å². The second kappa shape index (κ2) is 12.6. The molecule has 0 radical (unpaired) electrons. The van der Waals surface area contributed by atoms with Gasteiger partial charge in [0.2, 0.25) is 5.95 Å². The Bertz CT molecular complexity index is 1730. The lowest BCUT2D eigenvalue weighted by Crippen LogP contribution is -2.44. The van der Waals surface area contributed by atoms with Crippen LogP contribution in [0.25, 0.3) is 11.2 Å². The first-order valence-electron chi connectivity index (χ1n) is 14.1. The van der Waals surface area contributed by atoms with Gasteiger partial charge in [-0.05, 0) is 76.0 Å². The number of anilines is 1. The highest BCUT2D eigenvalue weighted by molar-refractivity contribution is 5.75. The van der Waals surface area contributed by atoms with E-state index in [-0.39, 0.29) is 23.8 Å². The molecule has 3 aromatic heterocycles.